The largest absolute Gasteiger partial charge is 0.361 e. The number of hydrogen-bond donors (Lipinski definition) is 1. The summed E-state index contributed by atoms with van der Waals surface area (Å²) in [6.07, 6.45) is 1.21. The molecule has 0 radical (unpaired) electrons. The van der Waals surface area contributed by atoms with Crippen LogP contribution >= 0.6 is 11.8 Å². The summed E-state index contributed by atoms with van der Waals surface area (Å²) in [6, 6.07) is 10.4. The first-order valence-corrected chi connectivity index (χ1v) is 5.89. The number of amidine groups is 1. The van der Waals surface area contributed by atoms with Gasteiger partial charge in [0.2, 0.25) is 0 Å². The second-order valence-corrected chi connectivity index (χ2v) is 4.31. The normalized spacial score (nSPS) is 16.1. The van der Waals surface area contributed by atoms with Crippen LogP contribution in [0, 0.1) is 0 Å². The van der Waals surface area contributed by atoms with Crippen LogP contribution in [0.1, 0.15) is 12.0 Å². The van der Waals surface area contributed by atoms with Gasteiger partial charge in [0.05, 0.1) is 0 Å². The van der Waals surface area contributed by atoms with Crippen molar-refractivity contribution in [3.63, 3.8) is 0 Å². The third-order valence-electron chi connectivity index (χ3n) is 2.08. The Morgan fingerprint density at radius 2 is 2.14 bits per heavy atom. The molecular weight excluding hydrogens is 192 g/mol. The van der Waals surface area contributed by atoms with Crippen LogP contribution in [0.5, 0.6) is 0 Å². The van der Waals surface area contributed by atoms with E-state index >= 15 is 0 Å². The molecule has 1 aliphatic rings. The lowest BCUT2D eigenvalue weighted by atomic mass is 10.2. The van der Waals surface area contributed by atoms with Gasteiger partial charge in [0.15, 0.2) is 5.17 Å². The van der Waals surface area contributed by atoms with Gasteiger partial charge in [0.25, 0.3) is 0 Å². The van der Waals surface area contributed by atoms with Gasteiger partial charge in [0, 0.05) is 18.8 Å². The Balaban J connectivity index is 1.85. The maximum Gasteiger partial charge on any atom is 0.156 e. The van der Waals surface area contributed by atoms with E-state index in [9.17, 15) is 0 Å². The number of nitrogens with one attached hydrogen (secondary N) is 1. The SMILES string of the molecule is c1ccc(CNC2=NCCCS2)cc1. The fourth-order valence-corrected chi connectivity index (χ4v) is 2.16. The number of hydrogen-bond acceptors (Lipinski definition) is 3. The molecule has 1 aliphatic heterocycles. The number of benzene rings is 1. The zero-order chi connectivity index (χ0) is 9.64. The van der Waals surface area contributed by atoms with Crippen molar-refractivity contribution in [1.82, 2.24) is 5.32 Å². The summed E-state index contributed by atoms with van der Waals surface area (Å²) in [7, 11) is 0. The number of aliphatic imine (C=N–C) groups is 1. The molecule has 0 saturated carbocycles. The molecule has 1 heterocycles. The number of thioether (sulfide) groups is 1. The smallest absolute Gasteiger partial charge is 0.156 e. The molecule has 1 N–H and O–H groups in total. The predicted octanol–water partition coefficient (Wildman–Crippen LogP) is 2.27. The number of rotatable bonds is 2. The third kappa shape index (κ3) is 2.77. The van der Waals surface area contributed by atoms with Crippen molar-refractivity contribution in [2.45, 2.75) is 13.0 Å². The molecule has 3 heteroatoms. The van der Waals surface area contributed by atoms with E-state index in [0.29, 0.717) is 0 Å². The minimum atomic E-state index is 0.882. The van der Waals surface area contributed by atoms with Crippen LogP contribution in [-0.4, -0.2) is 17.5 Å². The topological polar surface area (TPSA) is 24.4 Å². The van der Waals surface area contributed by atoms with Crippen LogP contribution in [0.25, 0.3) is 0 Å². The van der Waals surface area contributed by atoms with Gasteiger partial charge in [0.1, 0.15) is 0 Å². The molecule has 0 fully saturated rings. The summed E-state index contributed by atoms with van der Waals surface area (Å²) in [5.41, 5.74) is 1.31. The lowest BCUT2D eigenvalue weighted by Crippen LogP contribution is -2.22. The second kappa shape index (κ2) is 5.05. The van der Waals surface area contributed by atoms with Crippen molar-refractivity contribution < 1.29 is 0 Å². The Bertz CT molecular complexity index is 308. The lowest BCUT2D eigenvalue weighted by molar-refractivity contribution is 0.880. The molecule has 0 atom stereocenters. The Morgan fingerprint density at radius 3 is 2.86 bits per heavy atom. The molecule has 0 spiro atoms. The van der Waals surface area contributed by atoms with Gasteiger partial charge in [-0.05, 0) is 12.0 Å². The van der Waals surface area contributed by atoms with Gasteiger partial charge >= 0.3 is 0 Å². The van der Waals surface area contributed by atoms with Gasteiger partial charge < -0.3 is 5.32 Å². The Kier molecular flexibility index (Phi) is 3.46. The van der Waals surface area contributed by atoms with E-state index in [4.69, 9.17) is 0 Å². The maximum absolute atomic E-state index is 4.41. The zero-order valence-electron chi connectivity index (χ0n) is 8.07. The monoisotopic (exact) mass is 206 g/mol. The molecule has 0 amide bonds. The molecule has 0 aliphatic carbocycles. The minimum Gasteiger partial charge on any atom is -0.361 e. The summed E-state index contributed by atoms with van der Waals surface area (Å²) in [5, 5.41) is 4.45. The average Bonchev–Trinajstić information content (AvgIpc) is 2.29. The minimum absolute atomic E-state index is 0.882. The molecule has 14 heavy (non-hydrogen) atoms. The summed E-state index contributed by atoms with van der Waals surface area (Å²) >= 11 is 1.82. The van der Waals surface area contributed by atoms with Crippen LogP contribution in [0.4, 0.5) is 0 Å². The van der Waals surface area contributed by atoms with Crippen LogP contribution in [0.15, 0.2) is 35.3 Å². The van der Waals surface area contributed by atoms with E-state index < -0.39 is 0 Å². The highest BCUT2D eigenvalue weighted by molar-refractivity contribution is 8.13. The molecule has 0 unspecified atom stereocenters. The number of nitrogens with zero attached hydrogens (tertiary/aromatic N) is 1. The van der Waals surface area contributed by atoms with Crippen molar-refractivity contribution >= 4 is 16.9 Å². The van der Waals surface area contributed by atoms with E-state index in [1.807, 2.05) is 17.8 Å². The summed E-state index contributed by atoms with van der Waals surface area (Å²) in [6.45, 7) is 1.86. The standard InChI is InChI=1S/C11H14N2S/c1-2-5-10(6-3-1)9-13-11-12-7-4-8-14-11/h1-3,5-6H,4,7-9H2,(H,12,13). The van der Waals surface area contributed by atoms with Crippen LogP contribution < -0.4 is 5.32 Å². The van der Waals surface area contributed by atoms with Gasteiger partial charge in [-0.1, -0.05) is 42.1 Å². The van der Waals surface area contributed by atoms with E-state index in [-0.39, 0.29) is 0 Å². The van der Waals surface area contributed by atoms with E-state index in [2.05, 4.69) is 34.6 Å². The lowest BCUT2D eigenvalue weighted by Gasteiger charge is -2.12. The summed E-state index contributed by atoms with van der Waals surface area (Å²) < 4.78 is 0. The summed E-state index contributed by atoms with van der Waals surface area (Å²) in [4.78, 5) is 4.41. The molecule has 1 aromatic carbocycles. The van der Waals surface area contributed by atoms with Crippen molar-refractivity contribution in [3.8, 4) is 0 Å². The highest BCUT2D eigenvalue weighted by Crippen LogP contribution is 2.10. The first-order valence-electron chi connectivity index (χ1n) is 4.90. The van der Waals surface area contributed by atoms with E-state index in [1.165, 1.54) is 17.7 Å². The molecule has 2 nitrogen and oxygen atoms in total. The van der Waals surface area contributed by atoms with Crippen LogP contribution in [0.3, 0.4) is 0 Å². The predicted molar refractivity (Wildman–Crippen MR) is 62.7 cm³/mol. The molecule has 0 aromatic heterocycles. The second-order valence-electron chi connectivity index (χ2n) is 3.23. The fourth-order valence-electron chi connectivity index (χ4n) is 1.34. The van der Waals surface area contributed by atoms with Gasteiger partial charge in [-0.3, -0.25) is 4.99 Å². The van der Waals surface area contributed by atoms with Gasteiger partial charge in [-0.25, -0.2) is 0 Å². The third-order valence-corrected chi connectivity index (χ3v) is 3.12. The first-order chi connectivity index (χ1) is 6.95. The highest BCUT2D eigenvalue weighted by Gasteiger charge is 2.04. The molecule has 2 rings (SSSR count). The highest BCUT2D eigenvalue weighted by atomic mass is 32.2. The van der Waals surface area contributed by atoms with Gasteiger partial charge in [-0.2, -0.15) is 0 Å². The fraction of sp³-hybridized carbons (Fsp3) is 0.364. The molecule has 0 saturated heterocycles. The Hall–Kier alpha value is -0.960. The summed E-state index contributed by atoms with van der Waals surface area (Å²) in [5.74, 6) is 1.20. The van der Waals surface area contributed by atoms with Gasteiger partial charge in [-0.15, -0.1) is 0 Å². The van der Waals surface area contributed by atoms with E-state index in [1.54, 1.807) is 0 Å². The molecule has 0 bridgehead atoms. The maximum atomic E-state index is 4.41. The van der Waals surface area contributed by atoms with E-state index in [0.717, 1.165) is 18.3 Å². The Labute approximate surface area is 88.8 Å². The Morgan fingerprint density at radius 1 is 1.29 bits per heavy atom. The van der Waals surface area contributed by atoms with Crippen molar-refractivity contribution in [2.24, 2.45) is 4.99 Å². The quantitative estimate of drug-likeness (QED) is 0.802. The van der Waals surface area contributed by atoms with Crippen molar-refractivity contribution in [2.75, 3.05) is 12.3 Å². The molecule has 74 valence electrons. The zero-order valence-corrected chi connectivity index (χ0v) is 8.89. The van der Waals surface area contributed by atoms with Crippen molar-refractivity contribution in [1.29, 1.82) is 0 Å². The van der Waals surface area contributed by atoms with Crippen molar-refractivity contribution in [3.05, 3.63) is 35.9 Å². The molecular formula is C11H14N2S. The van der Waals surface area contributed by atoms with Crippen LogP contribution in [-0.2, 0) is 6.54 Å². The molecule has 1 aromatic rings. The average molecular weight is 206 g/mol. The van der Waals surface area contributed by atoms with Crippen LogP contribution in [0.2, 0.25) is 0 Å². The first kappa shape index (κ1) is 9.59.